The van der Waals surface area contributed by atoms with Gasteiger partial charge in [-0.2, -0.15) is 0 Å². The summed E-state index contributed by atoms with van der Waals surface area (Å²) in [5, 5.41) is 2.85. The van der Waals surface area contributed by atoms with Crippen molar-refractivity contribution in [3.05, 3.63) is 42.5 Å². The number of hydrogen-bond donors (Lipinski definition) is 2. The lowest BCUT2D eigenvalue weighted by atomic mass is 9.89. The van der Waals surface area contributed by atoms with E-state index in [1.54, 1.807) is 0 Å². The Hall–Kier alpha value is -2.43. The molecule has 0 radical (unpaired) electrons. The molecule has 0 aromatic heterocycles. The van der Waals surface area contributed by atoms with Crippen molar-refractivity contribution in [1.29, 1.82) is 0 Å². The van der Waals surface area contributed by atoms with Crippen LogP contribution in [0.5, 0.6) is 5.75 Å². The van der Waals surface area contributed by atoms with Gasteiger partial charge in [-0.25, -0.2) is 0 Å². The third kappa shape index (κ3) is 3.72. The fraction of sp³-hybridized carbons (Fsp3) is 0.421. The van der Waals surface area contributed by atoms with Crippen LogP contribution >= 0.6 is 0 Å². The molecule has 2 unspecified atom stereocenters. The summed E-state index contributed by atoms with van der Waals surface area (Å²) < 4.78 is 6.04. The standard InChI is InChI=1S/C19H25N3O2/c1-13-5-3-4-6-15(13)11-22-12-17(10-21-14(2)23)24-19-8-7-16(20)9-18(19)22/h3-9,13,15,17H,10-12,20H2,1-2H3,(H,21,23)/t13?,15?,17-/m0/s1. The molecule has 3 atom stereocenters. The molecular weight excluding hydrogens is 302 g/mol. The lowest BCUT2D eigenvalue weighted by Crippen LogP contribution is -2.47. The molecule has 5 heteroatoms. The number of nitrogen functional groups attached to an aromatic ring is 1. The molecule has 3 rings (SSSR count). The van der Waals surface area contributed by atoms with Gasteiger partial charge in [0.25, 0.3) is 0 Å². The number of ether oxygens (including phenoxy) is 1. The van der Waals surface area contributed by atoms with E-state index in [4.69, 9.17) is 10.5 Å². The molecule has 1 aliphatic carbocycles. The second kappa shape index (κ2) is 6.99. The predicted molar refractivity (Wildman–Crippen MR) is 97.1 cm³/mol. The van der Waals surface area contributed by atoms with Crippen LogP contribution < -0.4 is 20.7 Å². The topological polar surface area (TPSA) is 67.6 Å². The minimum Gasteiger partial charge on any atom is -0.485 e. The molecule has 128 valence electrons. The van der Waals surface area contributed by atoms with E-state index >= 15 is 0 Å². The molecule has 1 aliphatic heterocycles. The molecule has 5 nitrogen and oxygen atoms in total. The van der Waals surface area contributed by atoms with E-state index in [1.807, 2.05) is 18.2 Å². The highest BCUT2D eigenvalue weighted by Crippen LogP contribution is 2.36. The number of carbonyl (C=O) groups excluding carboxylic acids is 1. The molecule has 2 aliphatic rings. The number of carbonyl (C=O) groups is 1. The highest BCUT2D eigenvalue weighted by Gasteiger charge is 2.28. The molecule has 1 amide bonds. The molecule has 0 saturated carbocycles. The molecule has 0 saturated heterocycles. The summed E-state index contributed by atoms with van der Waals surface area (Å²) in [6.45, 7) is 5.90. The number of fused-ring (bicyclic) bond motifs is 1. The Kier molecular flexibility index (Phi) is 4.79. The number of amides is 1. The molecule has 1 aromatic rings. The van der Waals surface area contributed by atoms with Crippen LogP contribution in [0.2, 0.25) is 0 Å². The van der Waals surface area contributed by atoms with Crippen LogP contribution in [0.25, 0.3) is 0 Å². The zero-order valence-electron chi connectivity index (χ0n) is 14.2. The van der Waals surface area contributed by atoms with E-state index in [2.05, 4.69) is 41.4 Å². The Morgan fingerprint density at radius 3 is 2.92 bits per heavy atom. The average Bonchev–Trinajstić information content (AvgIpc) is 2.55. The number of nitrogens with zero attached hydrogens (tertiary/aromatic N) is 1. The van der Waals surface area contributed by atoms with E-state index in [-0.39, 0.29) is 12.0 Å². The smallest absolute Gasteiger partial charge is 0.217 e. The Morgan fingerprint density at radius 1 is 1.38 bits per heavy atom. The Labute approximate surface area is 143 Å². The van der Waals surface area contributed by atoms with Crippen molar-refractivity contribution in [2.24, 2.45) is 11.8 Å². The maximum atomic E-state index is 11.2. The van der Waals surface area contributed by atoms with Crippen LogP contribution in [-0.4, -0.2) is 31.6 Å². The van der Waals surface area contributed by atoms with Gasteiger partial charge in [-0.3, -0.25) is 4.79 Å². The van der Waals surface area contributed by atoms with Crippen molar-refractivity contribution < 1.29 is 9.53 Å². The predicted octanol–water partition coefficient (Wildman–Crippen LogP) is 2.35. The van der Waals surface area contributed by atoms with Crippen molar-refractivity contribution in [3.8, 4) is 5.75 Å². The number of rotatable bonds is 4. The second-order valence-electron chi connectivity index (χ2n) is 6.60. The number of hydrogen-bond acceptors (Lipinski definition) is 4. The van der Waals surface area contributed by atoms with E-state index < -0.39 is 0 Å². The SMILES string of the molecule is CC(=O)NC[C@H]1CN(CC2C=CC=CC2C)c2cc(N)ccc2O1. The molecule has 0 fully saturated rings. The van der Waals surface area contributed by atoms with Gasteiger partial charge < -0.3 is 20.7 Å². The summed E-state index contributed by atoms with van der Waals surface area (Å²) in [7, 11) is 0. The maximum Gasteiger partial charge on any atom is 0.217 e. The van der Waals surface area contributed by atoms with Crippen LogP contribution in [0.15, 0.2) is 42.5 Å². The lowest BCUT2D eigenvalue weighted by Gasteiger charge is -2.39. The van der Waals surface area contributed by atoms with Gasteiger partial charge in [0.05, 0.1) is 18.8 Å². The van der Waals surface area contributed by atoms with Crippen LogP contribution in [0.4, 0.5) is 11.4 Å². The highest BCUT2D eigenvalue weighted by molar-refractivity contribution is 5.73. The van der Waals surface area contributed by atoms with Crippen molar-refractivity contribution in [3.63, 3.8) is 0 Å². The van der Waals surface area contributed by atoms with Gasteiger partial charge in [-0.15, -0.1) is 0 Å². The highest BCUT2D eigenvalue weighted by atomic mass is 16.5. The van der Waals surface area contributed by atoms with Gasteiger partial charge in [-0.05, 0) is 24.1 Å². The monoisotopic (exact) mass is 327 g/mol. The summed E-state index contributed by atoms with van der Waals surface area (Å²) in [6, 6.07) is 5.73. The van der Waals surface area contributed by atoms with Crippen LogP contribution in [0, 0.1) is 11.8 Å². The molecule has 0 spiro atoms. The first-order valence-corrected chi connectivity index (χ1v) is 8.43. The van der Waals surface area contributed by atoms with E-state index in [0.29, 0.717) is 18.4 Å². The third-order valence-electron chi connectivity index (χ3n) is 4.61. The summed E-state index contributed by atoms with van der Waals surface area (Å²) in [4.78, 5) is 13.5. The fourth-order valence-electron chi connectivity index (χ4n) is 3.22. The van der Waals surface area contributed by atoms with Crippen LogP contribution in [-0.2, 0) is 4.79 Å². The lowest BCUT2D eigenvalue weighted by molar-refractivity contribution is -0.119. The maximum absolute atomic E-state index is 11.2. The summed E-state index contributed by atoms with van der Waals surface area (Å²) >= 11 is 0. The number of nitrogens with one attached hydrogen (secondary N) is 1. The van der Waals surface area contributed by atoms with Crippen molar-refractivity contribution >= 4 is 17.3 Å². The third-order valence-corrected chi connectivity index (χ3v) is 4.61. The first-order chi connectivity index (χ1) is 11.5. The molecule has 1 heterocycles. The normalized spacial score (nSPS) is 25.1. The molecular formula is C19H25N3O2. The summed E-state index contributed by atoms with van der Waals surface area (Å²) in [5.74, 6) is 1.73. The van der Waals surface area contributed by atoms with Gasteiger partial charge >= 0.3 is 0 Å². The first kappa shape index (κ1) is 16.4. The van der Waals surface area contributed by atoms with E-state index in [1.165, 1.54) is 6.92 Å². The molecule has 0 bridgehead atoms. The Balaban J connectivity index is 1.80. The van der Waals surface area contributed by atoms with Crippen LogP contribution in [0.3, 0.4) is 0 Å². The number of nitrogens with two attached hydrogens (primary N) is 1. The quantitative estimate of drug-likeness (QED) is 0.833. The van der Waals surface area contributed by atoms with Crippen molar-refractivity contribution in [1.82, 2.24) is 5.32 Å². The number of anilines is 2. The zero-order chi connectivity index (χ0) is 17.1. The largest absolute Gasteiger partial charge is 0.485 e. The number of benzene rings is 1. The van der Waals surface area contributed by atoms with Gasteiger partial charge in [-0.1, -0.05) is 31.2 Å². The summed E-state index contributed by atoms with van der Waals surface area (Å²) in [6.07, 6.45) is 8.64. The van der Waals surface area contributed by atoms with E-state index in [9.17, 15) is 4.79 Å². The number of allylic oxidation sites excluding steroid dienone is 3. The Bertz CT molecular complexity index is 669. The molecule has 3 N–H and O–H groups in total. The van der Waals surface area contributed by atoms with E-state index in [0.717, 1.165) is 30.2 Å². The summed E-state index contributed by atoms with van der Waals surface area (Å²) in [5.41, 5.74) is 7.74. The zero-order valence-corrected chi connectivity index (χ0v) is 14.2. The van der Waals surface area contributed by atoms with Gasteiger partial charge in [0.2, 0.25) is 5.91 Å². The van der Waals surface area contributed by atoms with Crippen molar-refractivity contribution in [2.75, 3.05) is 30.3 Å². The Morgan fingerprint density at radius 2 is 2.17 bits per heavy atom. The van der Waals surface area contributed by atoms with Gasteiger partial charge in [0, 0.05) is 25.1 Å². The fourth-order valence-corrected chi connectivity index (χ4v) is 3.22. The minimum atomic E-state index is -0.0663. The van der Waals surface area contributed by atoms with Gasteiger partial charge in [0.1, 0.15) is 11.9 Å². The second-order valence-corrected chi connectivity index (χ2v) is 6.60. The van der Waals surface area contributed by atoms with Crippen LogP contribution in [0.1, 0.15) is 13.8 Å². The average molecular weight is 327 g/mol. The van der Waals surface area contributed by atoms with Crippen molar-refractivity contribution in [2.45, 2.75) is 20.0 Å². The first-order valence-electron chi connectivity index (χ1n) is 8.43. The molecule has 1 aromatic carbocycles. The minimum absolute atomic E-state index is 0.0396. The van der Waals surface area contributed by atoms with Gasteiger partial charge in [0.15, 0.2) is 0 Å². The molecule has 24 heavy (non-hydrogen) atoms.